The zero-order valence-electron chi connectivity index (χ0n) is 18.1. The number of methoxy groups -OCH3 is 2. The average molecular weight is 687 g/mol. The largest absolute Gasteiger partial charge is 0.496 e. The van der Waals surface area contributed by atoms with Crippen LogP contribution >= 0.6 is 45.2 Å². The molecule has 1 N–H and O–H groups in total. The Bertz CT molecular complexity index is 1230. The van der Waals surface area contributed by atoms with Crippen molar-refractivity contribution in [1.29, 1.82) is 0 Å². The molecule has 11 heteroatoms. The summed E-state index contributed by atoms with van der Waals surface area (Å²) in [5.74, 6) is 1.27. The van der Waals surface area contributed by atoms with Gasteiger partial charge in [-0.2, -0.15) is 5.10 Å². The van der Waals surface area contributed by atoms with Crippen LogP contribution in [0.3, 0.4) is 0 Å². The Balaban J connectivity index is 1.68. The summed E-state index contributed by atoms with van der Waals surface area (Å²) < 4.78 is 18.3. The van der Waals surface area contributed by atoms with Crippen LogP contribution in [0.4, 0.5) is 5.69 Å². The van der Waals surface area contributed by atoms with Crippen LogP contribution in [0.5, 0.6) is 17.2 Å². The second kappa shape index (κ2) is 12.0. The first-order valence-corrected chi connectivity index (χ1v) is 11.9. The smallest absolute Gasteiger partial charge is 0.271 e. The fourth-order valence-corrected chi connectivity index (χ4v) is 4.19. The Morgan fingerprint density at radius 1 is 1.03 bits per heavy atom. The van der Waals surface area contributed by atoms with Gasteiger partial charge in [0.2, 0.25) is 0 Å². The highest BCUT2D eigenvalue weighted by Crippen LogP contribution is 2.34. The number of hydrazone groups is 1. The van der Waals surface area contributed by atoms with E-state index in [0.717, 1.165) is 12.7 Å². The Hall–Kier alpha value is -2.94. The molecule has 9 nitrogen and oxygen atoms in total. The zero-order chi connectivity index (χ0) is 24.7. The predicted molar refractivity (Wildman–Crippen MR) is 144 cm³/mol. The molecule has 1 amide bonds. The van der Waals surface area contributed by atoms with Gasteiger partial charge in [0, 0.05) is 17.7 Å². The summed E-state index contributed by atoms with van der Waals surface area (Å²) in [5, 5.41) is 14.8. The molecular weight excluding hydrogens is 668 g/mol. The molecule has 0 heterocycles. The third-order valence-corrected chi connectivity index (χ3v) is 6.27. The van der Waals surface area contributed by atoms with Crippen molar-refractivity contribution < 1.29 is 23.9 Å². The van der Waals surface area contributed by atoms with Crippen LogP contribution in [0.2, 0.25) is 0 Å². The van der Waals surface area contributed by atoms with Crippen molar-refractivity contribution in [2.24, 2.45) is 5.10 Å². The molecule has 34 heavy (non-hydrogen) atoms. The number of benzene rings is 3. The minimum Gasteiger partial charge on any atom is -0.496 e. The molecule has 0 fully saturated rings. The van der Waals surface area contributed by atoms with Gasteiger partial charge in [-0.15, -0.1) is 0 Å². The number of rotatable bonds is 9. The monoisotopic (exact) mass is 687 g/mol. The third-order valence-electron chi connectivity index (χ3n) is 4.58. The first-order chi connectivity index (χ1) is 16.3. The number of nitrogens with one attached hydrogen (secondary N) is 1. The van der Waals surface area contributed by atoms with Crippen molar-refractivity contribution >= 4 is 63.0 Å². The summed E-state index contributed by atoms with van der Waals surface area (Å²) >= 11 is 4.25. The quantitative estimate of drug-likeness (QED) is 0.144. The van der Waals surface area contributed by atoms with E-state index in [1.54, 1.807) is 43.5 Å². The molecular formula is C23H19I2N3O6. The van der Waals surface area contributed by atoms with Gasteiger partial charge in [0.25, 0.3) is 11.6 Å². The molecule has 0 saturated carbocycles. The van der Waals surface area contributed by atoms with E-state index in [1.165, 1.54) is 25.5 Å². The lowest BCUT2D eigenvalue weighted by Gasteiger charge is -2.13. The lowest BCUT2D eigenvalue weighted by atomic mass is 10.2. The van der Waals surface area contributed by atoms with Crippen LogP contribution < -0.4 is 19.6 Å². The Labute approximate surface area is 222 Å². The summed E-state index contributed by atoms with van der Waals surface area (Å²) in [6, 6.07) is 14.8. The van der Waals surface area contributed by atoms with Gasteiger partial charge >= 0.3 is 0 Å². The molecule has 3 aromatic carbocycles. The molecule has 0 spiro atoms. The number of nitro groups is 1. The first-order valence-electron chi connectivity index (χ1n) is 9.73. The zero-order valence-corrected chi connectivity index (χ0v) is 22.4. The number of carbonyl (C=O) groups excluding carboxylic acids is 1. The number of nitrogens with zero attached hydrogens (tertiary/aromatic N) is 2. The molecule has 0 aliphatic carbocycles. The van der Waals surface area contributed by atoms with Crippen molar-refractivity contribution in [1.82, 2.24) is 5.43 Å². The van der Waals surface area contributed by atoms with Crippen LogP contribution in [-0.4, -0.2) is 31.3 Å². The van der Waals surface area contributed by atoms with Crippen LogP contribution in [0, 0.1) is 17.3 Å². The lowest BCUT2D eigenvalue weighted by Crippen LogP contribution is -2.17. The van der Waals surface area contributed by atoms with Crippen molar-refractivity contribution in [3.05, 3.63) is 88.5 Å². The van der Waals surface area contributed by atoms with E-state index in [4.69, 9.17) is 14.2 Å². The van der Waals surface area contributed by atoms with Gasteiger partial charge in [0.15, 0.2) is 11.5 Å². The molecule has 0 saturated heterocycles. The van der Waals surface area contributed by atoms with E-state index in [-0.39, 0.29) is 18.2 Å². The fraction of sp³-hybridized carbons (Fsp3) is 0.130. The fourth-order valence-electron chi connectivity index (χ4n) is 2.85. The van der Waals surface area contributed by atoms with Crippen molar-refractivity contribution in [3.8, 4) is 17.2 Å². The van der Waals surface area contributed by atoms with Gasteiger partial charge in [-0.25, -0.2) is 5.43 Å². The molecule has 0 atom stereocenters. The second-order valence-electron chi connectivity index (χ2n) is 6.79. The number of carbonyl (C=O) groups is 1. The van der Waals surface area contributed by atoms with Crippen molar-refractivity contribution in [2.45, 2.75) is 6.61 Å². The highest BCUT2D eigenvalue weighted by Gasteiger charge is 2.13. The summed E-state index contributed by atoms with van der Waals surface area (Å²) in [4.78, 5) is 22.7. The van der Waals surface area contributed by atoms with Crippen LogP contribution in [0.25, 0.3) is 0 Å². The van der Waals surface area contributed by atoms with Crippen LogP contribution in [0.15, 0.2) is 59.7 Å². The maximum Gasteiger partial charge on any atom is 0.271 e. The molecule has 0 bridgehead atoms. The van der Waals surface area contributed by atoms with Crippen molar-refractivity contribution in [2.75, 3.05) is 14.2 Å². The lowest BCUT2D eigenvalue weighted by molar-refractivity contribution is -0.384. The van der Waals surface area contributed by atoms with E-state index in [0.29, 0.717) is 28.4 Å². The molecule has 176 valence electrons. The number of ether oxygens (including phenoxy) is 3. The summed E-state index contributed by atoms with van der Waals surface area (Å²) in [6.45, 7) is 0.216. The van der Waals surface area contributed by atoms with Gasteiger partial charge in [-0.3, -0.25) is 14.9 Å². The molecule has 3 aromatic rings. The van der Waals surface area contributed by atoms with Gasteiger partial charge in [0.1, 0.15) is 12.4 Å². The van der Waals surface area contributed by atoms with E-state index in [9.17, 15) is 14.9 Å². The van der Waals surface area contributed by atoms with E-state index in [1.807, 2.05) is 6.07 Å². The molecule has 0 aromatic heterocycles. The molecule has 0 aliphatic rings. The minimum atomic E-state index is -0.448. The standard InChI is InChI=1S/C23H19I2N3O6/c1-32-20-11-16(5-8-18(20)24)23(29)27-26-12-15-9-19(25)22(21(10-15)33-2)34-13-14-3-6-17(7-4-14)28(30)31/h3-12H,13H2,1-2H3,(H,27,29)/b26-12-. The van der Waals surface area contributed by atoms with Gasteiger partial charge in [-0.05, 0) is 98.8 Å². The Morgan fingerprint density at radius 2 is 1.74 bits per heavy atom. The molecule has 0 aliphatic heterocycles. The number of hydrogen-bond donors (Lipinski definition) is 1. The van der Waals surface area contributed by atoms with E-state index >= 15 is 0 Å². The second-order valence-corrected chi connectivity index (χ2v) is 9.12. The summed E-state index contributed by atoms with van der Waals surface area (Å²) in [6.07, 6.45) is 1.51. The highest BCUT2D eigenvalue weighted by atomic mass is 127. The van der Waals surface area contributed by atoms with Crippen LogP contribution in [0.1, 0.15) is 21.5 Å². The van der Waals surface area contributed by atoms with E-state index in [2.05, 4.69) is 55.7 Å². The summed E-state index contributed by atoms with van der Waals surface area (Å²) in [7, 11) is 3.07. The topological polar surface area (TPSA) is 112 Å². The third kappa shape index (κ3) is 6.56. The number of halogens is 2. The molecule has 0 unspecified atom stereocenters. The van der Waals surface area contributed by atoms with Crippen LogP contribution in [-0.2, 0) is 6.61 Å². The predicted octanol–water partition coefficient (Wildman–Crippen LogP) is 5.16. The SMILES string of the molecule is COc1cc(C(=O)N/N=C\c2cc(I)c(OCc3ccc([N+](=O)[O-])cc3)c(OC)c2)ccc1I. The van der Waals surface area contributed by atoms with Crippen molar-refractivity contribution in [3.63, 3.8) is 0 Å². The van der Waals surface area contributed by atoms with Gasteiger partial charge < -0.3 is 14.2 Å². The highest BCUT2D eigenvalue weighted by molar-refractivity contribution is 14.1. The average Bonchev–Trinajstić information content (AvgIpc) is 2.83. The minimum absolute atomic E-state index is 0.0211. The normalized spacial score (nSPS) is 10.7. The van der Waals surface area contributed by atoms with Gasteiger partial charge in [-0.1, -0.05) is 0 Å². The maximum atomic E-state index is 12.4. The number of non-ortho nitro benzene ring substituents is 1. The maximum absolute atomic E-state index is 12.4. The van der Waals surface area contributed by atoms with E-state index < -0.39 is 4.92 Å². The Morgan fingerprint density at radius 3 is 2.38 bits per heavy atom. The first kappa shape index (κ1) is 25.7. The number of nitro benzene ring substituents is 1. The number of hydrogen-bond acceptors (Lipinski definition) is 7. The summed E-state index contributed by atoms with van der Waals surface area (Å²) in [5.41, 5.74) is 4.43. The van der Waals surface area contributed by atoms with Gasteiger partial charge in [0.05, 0.1) is 32.5 Å². The Kier molecular flexibility index (Phi) is 9.04. The molecule has 3 rings (SSSR count). The number of amides is 1. The molecule has 0 radical (unpaired) electrons.